The Kier molecular flexibility index (Phi) is 4.03. The average Bonchev–Trinajstić information content (AvgIpc) is 3.27. The Morgan fingerprint density at radius 1 is 1.23 bits per heavy atom. The van der Waals surface area contributed by atoms with E-state index >= 15 is 0 Å². The van der Waals surface area contributed by atoms with Gasteiger partial charge in [0.25, 0.3) is 0 Å². The van der Waals surface area contributed by atoms with E-state index in [2.05, 4.69) is 32.2 Å². The van der Waals surface area contributed by atoms with Gasteiger partial charge in [-0.05, 0) is 11.6 Å². The lowest BCUT2D eigenvalue weighted by molar-refractivity contribution is -0.113. The number of nitrogens with one attached hydrogen (secondary N) is 1. The lowest BCUT2D eigenvalue weighted by Crippen LogP contribution is -2.05. The topological polar surface area (TPSA) is 102 Å². The highest BCUT2D eigenvalue weighted by Gasteiger charge is 2.09. The second kappa shape index (κ2) is 6.64. The summed E-state index contributed by atoms with van der Waals surface area (Å²) in [6, 6.07) is 10.1. The van der Waals surface area contributed by atoms with Crippen molar-refractivity contribution in [3.8, 4) is 11.3 Å². The maximum Gasteiger partial charge on any atom is 0.241 e. The van der Waals surface area contributed by atoms with Crippen molar-refractivity contribution in [1.82, 2.24) is 24.7 Å². The molecule has 0 aliphatic rings. The van der Waals surface area contributed by atoms with Gasteiger partial charge in [-0.2, -0.15) is 5.10 Å². The van der Waals surface area contributed by atoms with Gasteiger partial charge < -0.3 is 10.7 Å². The quantitative estimate of drug-likeness (QED) is 0.543. The normalized spacial score (nSPS) is 11.4. The maximum atomic E-state index is 10.9. The zero-order valence-corrected chi connectivity index (χ0v) is 13.8. The van der Waals surface area contributed by atoms with Gasteiger partial charge in [-0.3, -0.25) is 9.48 Å². The number of rotatable bonds is 5. The highest BCUT2D eigenvalue weighted by Crippen LogP contribution is 2.21. The second-order valence-corrected chi connectivity index (χ2v) is 5.84. The Balaban J connectivity index is 1.64. The van der Waals surface area contributed by atoms with Crippen molar-refractivity contribution in [2.75, 3.05) is 0 Å². The first-order chi connectivity index (χ1) is 12.7. The van der Waals surface area contributed by atoms with E-state index in [1.165, 1.54) is 11.6 Å². The van der Waals surface area contributed by atoms with E-state index in [0.717, 1.165) is 11.1 Å². The summed E-state index contributed by atoms with van der Waals surface area (Å²) in [5, 5.41) is 4.40. The van der Waals surface area contributed by atoms with Gasteiger partial charge >= 0.3 is 0 Å². The highest BCUT2D eigenvalue weighted by molar-refractivity contribution is 5.93. The zero-order chi connectivity index (χ0) is 17.9. The molecule has 0 fully saturated rings. The van der Waals surface area contributed by atoms with E-state index in [4.69, 9.17) is 5.73 Å². The highest BCUT2D eigenvalue weighted by atomic mass is 16.1. The van der Waals surface area contributed by atoms with Crippen LogP contribution in [0.15, 0.2) is 61.2 Å². The van der Waals surface area contributed by atoms with Crippen LogP contribution < -0.4 is 5.73 Å². The molecule has 26 heavy (non-hydrogen) atoms. The van der Waals surface area contributed by atoms with Crippen LogP contribution in [0.3, 0.4) is 0 Å². The summed E-state index contributed by atoms with van der Waals surface area (Å²) in [6.45, 7) is 0.688. The predicted molar refractivity (Wildman–Crippen MR) is 98.9 cm³/mol. The molecule has 0 aliphatic carbocycles. The summed E-state index contributed by atoms with van der Waals surface area (Å²) < 4.78 is 1.86. The molecule has 3 N–H and O–H groups in total. The molecular weight excluding hydrogens is 328 g/mol. The number of primary amides is 1. The van der Waals surface area contributed by atoms with E-state index in [9.17, 15) is 4.79 Å². The number of benzene rings is 1. The number of aromatic amines is 1. The van der Waals surface area contributed by atoms with Crippen LogP contribution in [0.2, 0.25) is 0 Å². The number of amides is 1. The van der Waals surface area contributed by atoms with Crippen LogP contribution in [0.5, 0.6) is 0 Å². The van der Waals surface area contributed by atoms with E-state index < -0.39 is 5.91 Å². The molecular formula is C19H16N6O. The summed E-state index contributed by atoms with van der Waals surface area (Å²) in [5.41, 5.74) is 10.00. The summed E-state index contributed by atoms with van der Waals surface area (Å²) in [6.07, 6.45) is 10.1. The molecule has 0 saturated carbocycles. The Hall–Kier alpha value is -3.74. The molecule has 7 heteroatoms. The Morgan fingerprint density at radius 3 is 2.88 bits per heavy atom. The van der Waals surface area contributed by atoms with Crippen molar-refractivity contribution in [2.24, 2.45) is 5.73 Å². The fourth-order valence-electron chi connectivity index (χ4n) is 2.70. The third-order valence-corrected chi connectivity index (χ3v) is 3.95. The van der Waals surface area contributed by atoms with E-state index in [1.54, 1.807) is 24.7 Å². The molecule has 128 valence electrons. The van der Waals surface area contributed by atoms with Crippen molar-refractivity contribution >= 4 is 23.1 Å². The van der Waals surface area contributed by atoms with Crippen LogP contribution in [0.4, 0.5) is 0 Å². The summed E-state index contributed by atoms with van der Waals surface area (Å²) >= 11 is 0. The average molecular weight is 344 g/mol. The third kappa shape index (κ3) is 3.23. The van der Waals surface area contributed by atoms with Gasteiger partial charge in [0.2, 0.25) is 5.91 Å². The number of carbonyl (C=O) groups excluding carboxylic acids is 1. The number of fused-ring (bicyclic) bond motifs is 1. The number of carbonyl (C=O) groups is 1. The molecule has 3 heterocycles. The van der Waals surface area contributed by atoms with Crippen molar-refractivity contribution in [1.29, 1.82) is 0 Å². The Bertz CT molecular complexity index is 1090. The molecule has 0 unspecified atom stereocenters. The van der Waals surface area contributed by atoms with E-state index in [-0.39, 0.29) is 0 Å². The van der Waals surface area contributed by atoms with Gasteiger partial charge in [0.05, 0.1) is 24.6 Å². The molecule has 7 nitrogen and oxygen atoms in total. The van der Waals surface area contributed by atoms with Crippen molar-refractivity contribution in [3.63, 3.8) is 0 Å². The standard InChI is InChI=1S/C19H16N6O/c20-17(26)7-6-14-8-21-19-18(14)24-16(10-22-19)15-9-23-25(12-15)11-13-4-2-1-3-5-13/h1-10,12H,11H2,(H2,20,26)(H,21,22). The van der Waals surface area contributed by atoms with Gasteiger partial charge in [-0.25, -0.2) is 9.97 Å². The van der Waals surface area contributed by atoms with Crippen LogP contribution in [0.25, 0.3) is 28.5 Å². The Morgan fingerprint density at radius 2 is 2.08 bits per heavy atom. The summed E-state index contributed by atoms with van der Waals surface area (Å²) in [5.74, 6) is -0.509. The first-order valence-corrected chi connectivity index (χ1v) is 8.07. The maximum absolute atomic E-state index is 10.9. The largest absolute Gasteiger partial charge is 0.366 e. The number of nitrogens with zero attached hydrogens (tertiary/aromatic N) is 4. The molecule has 0 saturated heterocycles. The number of aromatic nitrogens is 5. The molecule has 4 aromatic rings. The number of H-pyrrole nitrogens is 1. The first kappa shape index (κ1) is 15.8. The summed E-state index contributed by atoms with van der Waals surface area (Å²) in [7, 11) is 0. The Labute approximate surface area is 149 Å². The second-order valence-electron chi connectivity index (χ2n) is 5.84. The van der Waals surface area contributed by atoms with Crippen LogP contribution >= 0.6 is 0 Å². The lowest BCUT2D eigenvalue weighted by atomic mass is 10.2. The summed E-state index contributed by atoms with van der Waals surface area (Å²) in [4.78, 5) is 23.0. The van der Waals surface area contributed by atoms with E-state index in [1.807, 2.05) is 29.1 Å². The van der Waals surface area contributed by atoms with Gasteiger partial charge in [0, 0.05) is 29.6 Å². The number of nitrogens with two attached hydrogens (primary N) is 1. The van der Waals surface area contributed by atoms with Crippen LogP contribution in [0, 0.1) is 0 Å². The van der Waals surface area contributed by atoms with Gasteiger partial charge in [0.15, 0.2) is 5.65 Å². The van der Waals surface area contributed by atoms with Crippen LogP contribution in [-0.2, 0) is 11.3 Å². The molecule has 0 radical (unpaired) electrons. The third-order valence-electron chi connectivity index (χ3n) is 3.95. The molecule has 4 rings (SSSR count). The fourth-order valence-corrected chi connectivity index (χ4v) is 2.70. The van der Waals surface area contributed by atoms with Crippen LogP contribution in [0.1, 0.15) is 11.1 Å². The van der Waals surface area contributed by atoms with Crippen LogP contribution in [-0.4, -0.2) is 30.6 Å². The molecule has 0 atom stereocenters. The van der Waals surface area contributed by atoms with Gasteiger partial charge in [-0.15, -0.1) is 0 Å². The minimum absolute atomic E-state index is 0.509. The fraction of sp³-hybridized carbons (Fsp3) is 0.0526. The monoisotopic (exact) mass is 344 g/mol. The van der Waals surface area contributed by atoms with Crippen molar-refractivity contribution < 1.29 is 4.79 Å². The van der Waals surface area contributed by atoms with Gasteiger partial charge in [0.1, 0.15) is 5.52 Å². The van der Waals surface area contributed by atoms with E-state index in [0.29, 0.717) is 23.4 Å². The van der Waals surface area contributed by atoms with Crippen molar-refractivity contribution in [3.05, 3.63) is 72.3 Å². The minimum Gasteiger partial charge on any atom is -0.366 e. The zero-order valence-electron chi connectivity index (χ0n) is 13.8. The predicted octanol–water partition coefficient (Wildman–Crippen LogP) is 2.37. The first-order valence-electron chi connectivity index (χ1n) is 8.07. The molecule has 0 spiro atoms. The molecule has 0 aliphatic heterocycles. The lowest BCUT2D eigenvalue weighted by Gasteiger charge is -2.01. The molecule has 3 aromatic heterocycles. The van der Waals surface area contributed by atoms with Crippen molar-refractivity contribution in [2.45, 2.75) is 6.54 Å². The molecule has 0 bridgehead atoms. The van der Waals surface area contributed by atoms with Gasteiger partial charge in [-0.1, -0.05) is 30.3 Å². The SMILES string of the molecule is NC(=O)C=Cc1c[nH]c2ncc(-c3cnn(Cc4ccccc4)c3)nc12. The molecule has 1 aromatic carbocycles. The number of hydrogen-bond acceptors (Lipinski definition) is 4. The molecule has 1 amide bonds. The smallest absolute Gasteiger partial charge is 0.241 e. The number of hydrogen-bond donors (Lipinski definition) is 2. The minimum atomic E-state index is -0.509.